The van der Waals surface area contributed by atoms with Crippen molar-refractivity contribution < 1.29 is 41.0 Å². The molecule has 0 atom stereocenters. The van der Waals surface area contributed by atoms with E-state index in [-0.39, 0.29) is 26.8 Å². The molecular formula is C17H16IO4-. The average Bonchev–Trinajstić information content (AvgIpc) is 2.49. The molecule has 0 saturated carbocycles. The number of rotatable bonds is 5. The normalized spacial score (nSPS) is 9.45. The van der Waals surface area contributed by atoms with E-state index in [1.165, 1.54) is 7.14 Å². The number of hydrogen-bond donors (Lipinski definition) is 2. The molecule has 0 bridgehead atoms. The first-order valence-electron chi connectivity index (χ1n) is 6.37. The molecule has 0 aliphatic heterocycles. The van der Waals surface area contributed by atoms with Crippen LogP contribution in [0.5, 0.6) is 0 Å². The number of carboxylic acid groups (broad SMARTS) is 2. The summed E-state index contributed by atoms with van der Waals surface area (Å²) >= 11 is 0.0287. The number of carboxylic acids is 2. The SMILES string of the molecule is C=C(CC(=O)O)C(=O)O.c1ccc([I-]c2ccccc2)cc1. The van der Waals surface area contributed by atoms with Gasteiger partial charge in [-0.1, -0.05) is 6.58 Å². The van der Waals surface area contributed by atoms with E-state index >= 15 is 0 Å². The third kappa shape index (κ3) is 7.58. The fourth-order valence-corrected chi connectivity index (χ4v) is 3.61. The van der Waals surface area contributed by atoms with Gasteiger partial charge in [-0.05, 0) is 0 Å². The molecule has 0 fully saturated rings. The number of benzene rings is 2. The Balaban J connectivity index is 0.000000239. The van der Waals surface area contributed by atoms with Crippen LogP contribution in [0.2, 0.25) is 0 Å². The van der Waals surface area contributed by atoms with E-state index in [1.54, 1.807) is 0 Å². The van der Waals surface area contributed by atoms with Crippen LogP contribution in [-0.2, 0) is 9.59 Å². The molecule has 0 spiro atoms. The Labute approximate surface area is 139 Å². The van der Waals surface area contributed by atoms with Gasteiger partial charge in [0.2, 0.25) is 0 Å². The molecule has 0 aromatic heterocycles. The zero-order valence-corrected chi connectivity index (χ0v) is 13.9. The Morgan fingerprint density at radius 1 is 0.864 bits per heavy atom. The molecule has 0 aliphatic carbocycles. The second-order valence-corrected chi connectivity index (χ2v) is 7.20. The second kappa shape index (κ2) is 9.73. The summed E-state index contributed by atoms with van der Waals surface area (Å²) in [5, 5.41) is 16.1. The van der Waals surface area contributed by atoms with Crippen LogP contribution in [0, 0.1) is 7.14 Å². The second-order valence-electron chi connectivity index (χ2n) is 4.16. The van der Waals surface area contributed by atoms with Crippen LogP contribution in [0.1, 0.15) is 6.42 Å². The van der Waals surface area contributed by atoms with Gasteiger partial charge in [0.25, 0.3) is 0 Å². The quantitative estimate of drug-likeness (QED) is 0.533. The summed E-state index contributed by atoms with van der Waals surface area (Å²) in [5.41, 5.74) is -0.303. The van der Waals surface area contributed by atoms with E-state index in [4.69, 9.17) is 10.2 Å². The Morgan fingerprint density at radius 2 is 1.27 bits per heavy atom. The van der Waals surface area contributed by atoms with Crippen LogP contribution in [0.3, 0.4) is 0 Å². The van der Waals surface area contributed by atoms with Gasteiger partial charge in [-0.25, -0.2) is 4.79 Å². The zero-order valence-electron chi connectivity index (χ0n) is 11.8. The molecule has 0 heterocycles. The van der Waals surface area contributed by atoms with Gasteiger partial charge in [-0.2, -0.15) is 0 Å². The van der Waals surface area contributed by atoms with Crippen molar-refractivity contribution in [1.82, 2.24) is 0 Å². The predicted molar refractivity (Wildman–Crippen MR) is 79.3 cm³/mol. The van der Waals surface area contributed by atoms with Gasteiger partial charge >= 0.3 is 101 Å². The monoisotopic (exact) mass is 411 g/mol. The molecule has 0 unspecified atom stereocenters. The number of hydrogen-bond acceptors (Lipinski definition) is 2. The molecule has 116 valence electrons. The average molecular weight is 411 g/mol. The number of halogens is 1. The van der Waals surface area contributed by atoms with Crippen molar-refractivity contribution in [2.45, 2.75) is 6.42 Å². The molecule has 2 N–H and O–H groups in total. The van der Waals surface area contributed by atoms with Crippen molar-refractivity contribution in [2.24, 2.45) is 0 Å². The summed E-state index contributed by atoms with van der Waals surface area (Å²) in [5.74, 6) is -2.44. The first kappa shape index (κ1) is 17.9. The maximum atomic E-state index is 9.87. The Bertz CT molecular complexity index is 586. The molecule has 2 aromatic carbocycles. The zero-order chi connectivity index (χ0) is 16.4. The van der Waals surface area contributed by atoms with Crippen molar-refractivity contribution in [3.63, 3.8) is 0 Å². The summed E-state index contributed by atoms with van der Waals surface area (Å²) in [6.07, 6.45) is -0.505. The van der Waals surface area contributed by atoms with Gasteiger partial charge in [0.1, 0.15) is 0 Å². The fourth-order valence-electron chi connectivity index (χ4n) is 1.34. The summed E-state index contributed by atoms with van der Waals surface area (Å²) in [4.78, 5) is 19.7. The van der Waals surface area contributed by atoms with E-state index in [2.05, 4.69) is 67.2 Å². The van der Waals surface area contributed by atoms with Gasteiger partial charge in [-0.3, -0.25) is 4.79 Å². The topological polar surface area (TPSA) is 74.6 Å². The molecule has 0 saturated heterocycles. The van der Waals surface area contributed by atoms with Gasteiger partial charge < -0.3 is 10.2 Å². The minimum absolute atomic E-state index is 0.0287. The summed E-state index contributed by atoms with van der Waals surface area (Å²) in [6.45, 7) is 3.01. The van der Waals surface area contributed by atoms with E-state index in [0.717, 1.165) is 0 Å². The summed E-state index contributed by atoms with van der Waals surface area (Å²) < 4.78 is 2.96. The summed E-state index contributed by atoms with van der Waals surface area (Å²) in [6, 6.07) is 21.4. The van der Waals surface area contributed by atoms with Crippen molar-refractivity contribution in [3.8, 4) is 0 Å². The molecule has 0 aliphatic rings. The van der Waals surface area contributed by atoms with E-state index in [0.29, 0.717) is 0 Å². The molecule has 5 heteroatoms. The van der Waals surface area contributed by atoms with Crippen molar-refractivity contribution >= 4 is 11.9 Å². The fraction of sp³-hybridized carbons (Fsp3) is 0.0588. The van der Waals surface area contributed by atoms with Crippen molar-refractivity contribution in [3.05, 3.63) is 80.0 Å². The molecule has 2 aromatic rings. The maximum absolute atomic E-state index is 9.87. The molecule has 2 rings (SSSR count). The molecule has 0 amide bonds. The molecule has 4 nitrogen and oxygen atoms in total. The van der Waals surface area contributed by atoms with Gasteiger partial charge in [-0.15, -0.1) is 0 Å². The van der Waals surface area contributed by atoms with Crippen molar-refractivity contribution in [2.75, 3.05) is 0 Å². The Hall–Kier alpha value is -2.15. The van der Waals surface area contributed by atoms with Crippen LogP contribution in [-0.4, -0.2) is 22.2 Å². The number of carbonyl (C=O) groups is 2. The van der Waals surface area contributed by atoms with Crippen LogP contribution >= 0.6 is 0 Å². The van der Waals surface area contributed by atoms with Gasteiger partial charge in [0, 0.05) is 5.57 Å². The van der Waals surface area contributed by atoms with Crippen LogP contribution in [0.4, 0.5) is 0 Å². The third-order valence-corrected chi connectivity index (χ3v) is 5.04. The van der Waals surface area contributed by atoms with E-state index in [1.807, 2.05) is 0 Å². The van der Waals surface area contributed by atoms with Gasteiger partial charge in [0.15, 0.2) is 0 Å². The Morgan fingerprint density at radius 3 is 1.55 bits per heavy atom. The minimum atomic E-state index is -1.27. The van der Waals surface area contributed by atoms with Crippen LogP contribution < -0.4 is 21.2 Å². The standard InChI is InChI=1S/C12H10I.C5H6O4/c1-3-7-11(8-4-1)13-12-9-5-2-6-10-12;1-3(5(8)9)2-4(6)7/h1-10H;1-2H2,(H,6,7)(H,8,9)/q-1;. The summed E-state index contributed by atoms with van der Waals surface area (Å²) in [7, 11) is 0. The Kier molecular flexibility index (Phi) is 7.91. The van der Waals surface area contributed by atoms with E-state index in [9.17, 15) is 9.59 Å². The third-order valence-electron chi connectivity index (χ3n) is 2.35. The predicted octanol–water partition coefficient (Wildman–Crippen LogP) is -0.0831. The van der Waals surface area contributed by atoms with E-state index < -0.39 is 18.4 Å². The first-order chi connectivity index (χ1) is 10.5. The first-order valence-corrected chi connectivity index (χ1v) is 8.52. The van der Waals surface area contributed by atoms with Crippen LogP contribution in [0.25, 0.3) is 0 Å². The molecule has 22 heavy (non-hydrogen) atoms. The van der Waals surface area contributed by atoms with Crippen molar-refractivity contribution in [1.29, 1.82) is 0 Å². The van der Waals surface area contributed by atoms with Gasteiger partial charge in [0.05, 0.1) is 6.42 Å². The molecular weight excluding hydrogens is 395 g/mol. The van der Waals surface area contributed by atoms with Crippen LogP contribution in [0.15, 0.2) is 72.8 Å². The molecule has 0 radical (unpaired) electrons. The number of aliphatic carboxylic acids is 2.